The number of hydrogen-bond acceptors (Lipinski definition) is 7. The second-order valence-corrected chi connectivity index (χ2v) is 7.87. The molecule has 0 radical (unpaired) electrons. The molecule has 0 spiro atoms. The summed E-state index contributed by atoms with van der Waals surface area (Å²) < 4.78 is 16.8. The van der Waals surface area contributed by atoms with Crippen LogP contribution in [0.5, 0.6) is 11.5 Å². The molecule has 1 unspecified atom stereocenters. The third kappa shape index (κ3) is 3.77. The fourth-order valence-corrected chi connectivity index (χ4v) is 4.52. The van der Waals surface area contributed by atoms with Crippen LogP contribution in [0.2, 0.25) is 0 Å². The fourth-order valence-electron chi connectivity index (χ4n) is 3.72. The number of oxazole rings is 1. The van der Waals surface area contributed by atoms with Crippen molar-refractivity contribution in [1.82, 2.24) is 14.9 Å². The number of hydrogen-bond donors (Lipinski definition) is 0. The molecule has 0 saturated carbocycles. The lowest BCUT2D eigenvalue weighted by molar-refractivity contribution is 0.138. The monoisotopic (exact) mass is 399 g/mol. The largest absolute Gasteiger partial charge is 0.497 e. The molecule has 0 bridgehead atoms. The summed E-state index contributed by atoms with van der Waals surface area (Å²) in [7, 11) is 3.28. The zero-order valence-corrected chi connectivity index (χ0v) is 17.3. The van der Waals surface area contributed by atoms with Crippen molar-refractivity contribution in [3.8, 4) is 23.0 Å². The third-order valence-corrected chi connectivity index (χ3v) is 6.11. The molecule has 1 aliphatic rings. The van der Waals surface area contributed by atoms with E-state index < -0.39 is 0 Å². The number of likely N-dealkylation sites (tertiary alicyclic amines) is 1. The van der Waals surface area contributed by atoms with E-state index in [0.717, 1.165) is 42.3 Å². The molecule has 1 saturated heterocycles. The van der Waals surface area contributed by atoms with Crippen LogP contribution in [0.1, 0.15) is 41.8 Å². The van der Waals surface area contributed by atoms with Crippen molar-refractivity contribution in [2.75, 3.05) is 20.8 Å². The first kappa shape index (κ1) is 19.0. The lowest BCUT2D eigenvalue weighted by Crippen LogP contribution is -2.33. The Hall–Kier alpha value is -2.38. The van der Waals surface area contributed by atoms with Gasteiger partial charge in [-0.2, -0.15) is 0 Å². The van der Waals surface area contributed by atoms with E-state index in [4.69, 9.17) is 18.9 Å². The van der Waals surface area contributed by atoms with E-state index in [1.54, 1.807) is 25.6 Å². The molecule has 0 amide bonds. The fraction of sp³-hybridized carbons (Fsp3) is 0.429. The first-order valence-corrected chi connectivity index (χ1v) is 10.4. The third-order valence-electron chi connectivity index (χ3n) is 5.23. The Morgan fingerprint density at radius 1 is 1.25 bits per heavy atom. The van der Waals surface area contributed by atoms with Gasteiger partial charge in [0.2, 0.25) is 5.89 Å². The van der Waals surface area contributed by atoms with Gasteiger partial charge in [-0.25, -0.2) is 9.97 Å². The van der Waals surface area contributed by atoms with Gasteiger partial charge in [-0.15, -0.1) is 11.3 Å². The van der Waals surface area contributed by atoms with Gasteiger partial charge in [-0.05, 0) is 38.4 Å². The minimum atomic E-state index is 0.365. The number of aryl methyl sites for hydroxylation is 1. The van der Waals surface area contributed by atoms with Crippen molar-refractivity contribution in [2.45, 2.75) is 38.8 Å². The van der Waals surface area contributed by atoms with Crippen LogP contribution in [-0.4, -0.2) is 35.6 Å². The van der Waals surface area contributed by atoms with E-state index in [1.807, 2.05) is 31.3 Å². The molecule has 148 valence electrons. The number of aromatic nitrogens is 2. The van der Waals surface area contributed by atoms with Gasteiger partial charge in [0.25, 0.3) is 0 Å². The number of ether oxygens (including phenoxy) is 2. The van der Waals surface area contributed by atoms with Gasteiger partial charge in [0, 0.05) is 24.2 Å². The average molecular weight is 400 g/mol. The summed E-state index contributed by atoms with van der Waals surface area (Å²) in [6.45, 7) is 3.79. The lowest BCUT2D eigenvalue weighted by Gasteiger charge is -2.33. The number of piperidine rings is 1. The molecule has 1 aromatic carbocycles. The molecule has 28 heavy (non-hydrogen) atoms. The van der Waals surface area contributed by atoms with Crippen LogP contribution in [0.4, 0.5) is 0 Å². The average Bonchev–Trinajstić information content (AvgIpc) is 3.38. The van der Waals surface area contributed by atoms with Crippen LogP contribution in [0.25, 0.3) is 11.5 Å². The topological polar surface area (TPSA) is 60.6 Å². The first-order chi connectivity index (χ1) is 13.7. The maximum absolute atomic E-state index is 6.01. The van der Waals surface area contributed by atoms with Crippen LogP contribution in [0.15, 0.2) is 34.2 Å². The van der Waals surface area contributed by atoms with Gasteiger partial charge >= 0.3 is 0 Å². The highest BCUT2D eigenvalue weighted by Gasteiger charge is 2.27. The second-order valence-electron chi connectivity index (χ2n) is 6.94. The zero-order valence-electron chi connectivity index (χ0n) is 16.5. The van der Waals surface area contributed by atoms with E-state index >= 15 is 0 Å². The van der Waals surface area contributed by atoms with Crippen molar-refractivity contribution >= 4 is 11.3 Å². The molecule has 4 rings (SSSR count). The number of rotatable bonds is 6. The van der Waals surface area contributed by atoms with Gasteiger partial charge in [0.1, 0.15) is 22.3 Å². The van der Waals surface area contributed by atoms with Crippen molar-refractivity contribution in [3.63, 3.8) is 0 Å². The molecule has 0 aliphatic carbocycles. The number of benzene rings is 1. The van der Waals surface area contributed by atoms with Gasteiger partial charge in [-0.1, -0.05) is 6.42 Å². The lowest BCUT2D eigenvalue weighted by atomic mass is 10.0. The zero-order chi connectivity index (χ0) is 19.5. The number of nitrogens with zero attached hydrogens (tertiary/aromatic N) is 3. The Morgan fingerprint density at radius 2 is 2.14 bits per heavy atom. The molecule has 1 aliphatic heterocycles. The van der Waals surface area contributed by atoms with Gasteiger partial charge < -0.3 is 13.9 Å². The quantitative estimate of drug-likeness (QED) is 0.590. The summed E-state index contributed by atoms with van der Waals surface area (Å²) in [4.78, 5) is 11.8. The first-order valence-electron chi connectivity index (χ1n) is 9.51. The van der Waals surface area contributed by atoms with Crippen LogP contribution in [0.3, 0.4) is 0 Å². The summed E-state index contributed by atoms with van der Waals surface area (Å²) in [6, 6.07) is 6.02. The van der Waals surface area contributed by atoms with Crippen LogP contribution in [0, 0.1) is 6.92 Å². The van der Waals surface area contributed by atoms with Crippen molar-refractivity contribution in [2.24, 2.45) is 0 Å². The Morgan fingerprint density at radius 3 is 2.89 bits per heavy atom. The van der Waals surface area contributed by atoms with Crippen LogP contribution >= 0.6 is 11.3 Å². The molecule has 7 heteroatoms. The standard InChI is InChI=1S/C21H25N3O3S/c1-14-17(13-24-10-5-4-6-18(24)21-22-9-11-28-21)23-20(27-14)16-8-7-15(25-2)12-19(16)26-3/h7-9,11-12,18H,4-6,10,13H2,1-3H3. The van der Waals surface area contributed by atoms with Crippen molar-refractivity contribution in [1.29, 1.82) is 0 Å². The molecular formula is C21H25N3O3S. The van der Waals surface area contributed by atoms with Gasteiger partial charge in [-0.3, -0.25) is 4.90 Å². The predicted molar refractivity (Wildman–Crippen MR) is 109 cm³/mol. The van der Waals surface area contributed by atoms with E-state index in [-0.39, 0.29) is 0 Å². The Balaban J connectivity index is 1.59. The molecule has 0 N–H and O–H groups in total. The molecule has 6 nitrogen and oxygen atoms in total. The highest BCUT2D eigenvalue weighted by atomic mass is 32.1. The smallest absolute Gasteiger partial charge is 0.230 e. The summed E-state index contributed by atoms with van der Waals surface area (Å²) in [5.41, 5.74) is 1.80. The van der Waals surface area contributed by atoms with Crippen molar-refractivity contribution in [3.05, 3.63) is 46.2 Å². The molecule has 1 fully saturated rings. The Labute approximate surface area is 169 Å². The van der Waals surface area contributed by atoms with E-state index in [1.165, 1.54) is 17.8 Å². The Kier molecular flexibility index (Phi) is 5.64. The highest BCUT2D eigenvalue weighted by Crippen LogP contribution is 2.36. The molecule has 3 heterocycles. The minimum Gasteiger partial charge on any atom is -0.497 e. The van der Waals surface area contributed by atoms with Crippen molar-refractivity contribution < 1.29 is 13.9 Å². The minimum absolute atomic E-state index is 0.365. The molecule has 1 atom stereocenters. The van der Waals surface area contributed by atoms with Crippen LogP contribution in [-0.2, 0) is 6.54 Å². The highest BCUT2D eigenvalue weighted by molar-refractivity contribution is 7.09. The predicted octanol–water partition coefficient (Wildman–Crippen LogP) is 4.85. The normalized spacial score (nSPS) is 17.6. The summed E-state index contributed by atoms with van der Waals surface area (Å²) in [5, 5.41) is 3.25. The van der Waals surface area contributed by atoms with E-state index in [2.05, 4.69) is 15.3 Å². The number of thiazole rings is 1. The maximum atomic E-state index is 6.01. The SMILES string of the molecule is COc1ccc(-c2nc(CN3CCCCC3c3nccs3)c(C)o2)c(OC)c1. The summed E-state index contributed by atoms with van der Waals surface area (Å²) in [5.74, 6) is 2.85. The van der Waals surface area contributed by atoms with Gasteiger partial charge in [0.05, 0.1) is 31.5 Å². The van der Waals surface area contributed by atoms with E-state index in [0.29, 0.717) is 17.7 Å². The molecule has 2 aromatic heterocycles. The maximum Gasteiger partial charge on any atom is 0.230 e. The van der Waals surface area contributed by atoms with Gasteiger partial charge in [0.15, 0.2) is 0 Å². The summed E-state index contributed by atoms with van der Waals surface area (Å²) in [6.07, 6.45) is 5.48. The Bertz CT molecular complexity index is 923. The number of methoxy groups -OCH3 is 2. The van der Waals surface area contributed by atoms with E-state index in [9.17, 15) is 0 Å². The molecule has 3 aromatic rings. The van der Waals surface area contributed by atoms with Crippen LogP contribution < -0.4 is 9.47 Å². The summed E-state index contributed by atoms with van der Waals surface area (Å²) >= 11 is 1.73. The second kappa shape index (κ2) is 8.32. The molecular weight excluding hydrogens is 374 g/mol.